The number of fused-ring (bicyclic) bond motifs is 1. The minimum absolute atomic E-state index is 0.190. The maximum absolute atomic E-state index is 12.0. The van der Waals surface area contributed by atoms with Gasteiger partial charge in [-0.2, -0.15) is 0 Å². The summed E-state index contributed by atoms with van der Waals surface area (Å²) in [4.78, 5) is 25.2. The lowest BCUT2D eigenvalue weighted by Crippen LogP contribution is -2.55. The average Bonchev–Trinajstić information content (AvgIpc) is 2.86. The number of carbonyl (C=O) groups is 1. The van der Waals surface area contributed by atoms with Crippen molar-refractivity contribution >= 4 is 44.3 Å². The molecule has 1 atom stereocenters. The van der Waals surface area contributed by atoms with E-state index in [-0.39, 0.29) is 12.0 Å². The molecule has 1 aliphatic heterocycles. The molecule has 4 rings (SSSR count). The van der Waals surface area contributed by atoms with Gasteiger partial charge in [0.25, 0.3) is 0 Å². The number of hydrogen-bond donors (Lipinski definition) is 1. The van der Waals surface area contributed by atoms with E-state index < -0.39 is 0 Å². The predicted octanol–water partition coefficient (Wildman–Crippen LogP) is 3.70. The van der Waals surface area contributed by atoms with Gasteiger partial charge in [-0.05, 0) is 37.7 Å². The number of carbonyl (C=O) groups excluding carboxylic acids is 1. The Morgan fingerprint density at radius 1 is 1.17 bits per heavy atom. The monoisotopic (exact) mass is 543 g/mol. The van der Waals surface area contributed by atoms with Crippen LogP contribution in [0.2, 0.25) is 0 Å². The highest BCUT2D eigenvalue weighted by Crippen LogP contribution is 2.35. The van der Waals surface area contributed by atoms with Gasteiger partial charge in [-0.25, -0.2) is 9.97 Å². The largest absolute Gasteiger partial charge is 0.493 e. The van der Waals surface area contributed by atoms with Crippen molar-refractivity contribution in [2.24, 2.45) is 0 Å². The fourth-order valence-electron chi connectivity index (χ4n) is 4.13. The van der Waals surface area contributed by atoms with Gasteiger partial charge < -0.3 is 19.5 Å². The topological polar surface area (TPSA) is 89.0 Å². The van der Waals surface area contributed by atoms with Crippen LogP contribution in [0.25, 0.3) is 10.9 Å². The highest BCUT2D eigenvalue weighted by Gasteiger charge is 2.30. The first-order valence-corrected chi connectivity index (χ1v) is 12.3. The van der Waals surface area contributed by atoms with Crippen LogP contribution in [-0.2, 0) is 9.53 Å². The summed E-state index contributed by atoms with van der Waals surface area (Å²) in [5.74, 6) is 1.76. The van der Waals surface area contributed by atoms with E-state index in [9.17, 15) is 4.79 Å². The van der Waals surface area contributed by atoms with E-state index in [4.69, 9.17) is 14.2 Å². The van der Waals surface area contributed by atoms with Gasteiger partial charge in [-0.3, -0.25) is 14.6 Å². The first-order chi connectivity index (χ1) is 17.0. The number of anilines is 2. The number of rotatable bonds is 9. The number of esters is 1. The molecular weight excluding hydrogens is 514 g/mol. The number of likely N-dealkylation sites (N-methyl/N-ethyl adjacent to an activating group) is 1. The van der Waals surface area contributed by atoms with E-state index in [1.807, 2.05) is 48.3 Å². The van der Waals surface area contributed by atoms with Crippen molar-refractivity contribution in [3.63, 3.8) is 0 Å². The molecule has 0 aliphatic carbocycles. The Morgan fingerprint density at radius 2 is 2.03 bits per heavy atom. The predicted molar refractivity (Wildman–Crippen MR) is 139 cm³/mol. The number of benzene rings is 2. The minimum Gasteiger partial charge on any atom is -0.493 e. The van der Waals surface area contributed by atoms with E-state index in [2.05, 4.69) is 36.1 Å². The molecule has 2 heterocycles. The Bertz CT molecular complexity index is 1180. The summed E-state index contributed by atoms with van der Waals surface area (Å²) in [7, 11) is 5.01. The number of methoxy groups -OCH3 is 2. The average molecular weight is 544 g/mol. The highest BCUT2D eigenvalue weighted by molar-refractivity contribution is 9.10. The van der Waals surface area contributed by atoms with Crippen LogP contribution < -0.4 is 14.8 Å². The number of ether oxygens (including phenoxy) is 3. The van der Waals surface area contributed by atoms with Crippen molar-refractivity contribution in [2.75, 3.05) is 59.4 Å². The molecule has 3 aromatic rings. The molecule has 0 bridgehead atoms. The van der Waals surface area contributed by atoms with E-state index in [0.717, 1.165) is 47.1 Å². The molecule has 2 aromatic carbocycles. The molecule has 0 saturated carbocycles. The standard InChI is InChI=1S/C25H30BrN5O4/c1-30-9-10-31(15-21(30)25(32)34-3)8-5-11-35-23-14-20-19(13-22(23)33-2)24(28-16-27-20)29-18-7-4-6-17(26)12-18/h4,6-7,12-14,16,21H,5,8-11,15H2,1-3H3,(H,27,28,29). The molecule has 1 fully saturated rings. The van der Waals surface area contributed by atoms with E-state index in [1.54, 1.807) is 7.11 Å². The summed E-state index contributed by atoms with van der Waals surface area (Å²) >= 11 is 3.49. The number of nitrogens with one attached hydrogen (secondary N) is 1. The number of halogens is 1. The van der Waals surface area contributed by atoms with Crippen LogP contribution in [-0.4, -0.2) is 85.8 Å². The van der Waals surface area contributed by atoms with Crippen LogP contribution in [0, 0.1) is 0 Å². The van der Waals surface area contributed by atoms with Crippen LogP contribution in [0.1, 0.15) is 6.42 Å². The van der Waals surface area contributed by atoms with Crippen LogP contribution in [0.15, 0.2) is 47.2 Å². The first kappa shape index (κ1) is 25.2. The molecule has 186 valence electrons. The quantitative estimate of drug-likeness (QED) is 0.320. The zero-order chi connectivity index (χ0) is 24.8. The van der Waals surface area contributed by atoms with Gasteiger partial charge in [0, 0.05) is 47.8 Å². The van der Waals surface area contributed by atoms with Crippen molar-refractivity contribution in [1.82, 2.24) is 19.8 Å². The molecule has 1 aliphatic rings. The summed E-state index contributed by atoms with van der Waals surface area (Å²) < 4.78 is 17.6. The third kappa shape index (κ3) is 6.19. The molecule has 35 heavy (non-hydrogen) atoms. The summed E-state index contributed by atoms with van der Waals surface area (Å²) in [6.07, 6.45) is 2.35. The lowest BCUT2D eigenvalue weighted by molar-refractivity contribution is -0.148. The van der Waals surface area contributed by atoms with Crippen molar-refractivity contribution in [2.45, 2.75) is 12.5 Å². The van der Waals surface area contributed by atoms with Crippen molar-refractivity contribution in [1.29, 1.82) is 0 Å². The van der Waals surface area contributed by atoms with Crippen LogP contribution in [0.4, 0.5) is 11.5 Å². The fraction of sp³-hybridized carbons (Fsp3) is 0.400. The van der Waals surface area contributed by atoms with Crippen molar-refractivity contribution in [3.05, 3.63) is 47.2 Å². The summed E-state index contributed by atoms with van der Waals surface area (Å²) in [6, 6.07) is 11.4. The molecule has 1 saturated heterocycles. The zero-order valence-corrected chi connectivity index (χ0v) is 21.7. The van der Waals surface area contributed by atoms with Crippen molar-refractivity contribution < 1.29 is 19.0 Å². The molecule has 1 N–H and O–H groups in total. The molecule has 0 amide bonds. The Labute approximate surface area is 213 Å². The van der Waals surface area contributed by atoms with Crippen LogP contribution in [0.3, 0.4) is 0 Å². The highest BCUT2D eigenvalue weighted by atomic mass is 79.9. The van der Waals surface area contributed by atoms with Gasteiger partial charge in [0.1, 0.15) is 18.2 Å². The second kappa shape index (κ2) is 11.7. The van der Waals surface area contributed by atoms with E-state index in [0.29, 0.717) is 30.5 Å². The molecule has 0 spiro atoms. The fourth-order valence-corrected chi connectivity index (χ4v) is 4.53. The summed E-state index contributed by atoms with van der Waals surface area (Å²) in [5.41, 5.74) is 1.67. The second-order valence-electron chi connectivity index (χ2n) is 8.40. The van der Waals surface area contributed by atoms with Crippen LogP contribution >= 0.6 is 15.9 Å². The normalized spacial score (nSPS) is 16.7. The van der Waals surface area contributed by atoms with Gasteiger partial charge in [0.15, 0.2) is 11.5 Å². The molecule has 10 heteroatoms. The first-order valence-electron chi connectivity index (χ1n) is 11.5. The van der Waals surface area contributed by atoms with Gasteiger partial charge in [-0.1, -0.05) is 22.0 Å². The number of hydrogen-bond acceptors (Lipinski definition) is 9. The van der Waals surface area contributed by atoms with Crippen molar-refractivity contribution in [3.8, 4) is 11.5 Å². The molecule has 1 aromatic heterocycles. The Morgan fingerprint density at radius 3 is 2.80 bits per heavy atom. The zero-order valence-electron chi connectivity index (χ0n) is 20.2. The Balaban J connectivity index is 1.40. The second-order valence-corrected chi connectivity index (χ2v) is 9.32. The maximum atomic E-state index is 12.0. The number of piperazine rings is 1. The van der Waals surface area contributed by atoms with E-state index >= 15 is 0 Å². The van der Waals surface area contributed by atoms with Crippen LogP contribution in [0.5, 0.6) is 11.5 Å². The van der Waals surface area contributed by atoms with E-state index in [1.165, 1.54) is 13.4 Å². The third-order valence-corrected chi connectivity index (χ3v) is 6.58. The van der Waals surface area contributed by atoms with Gasteiger partial charge in [0.2, 0.25) is 0 Å². The Kier molecular flexibility index (Phi) is 8.37. The summed E-state index contributed by atoms with van der Waals surface area (Å²) in [5, 5.41) is 4.18. The lowest BCUT2D eigenvalue weighted by Gasteiger charge is -2.37. The third-order valence-electron chi connectivity index (χ3n) is 6.09. The molecule has 0 radical (unpaired) electrons. The maximum Gasteiger partial charge on any atom is 0.324 e. The number of nitrogens with zero attached hydrogens (tertiary/aromatic N) is 4. The van der Waals surface area contributed by atoms with Gasteiger partial charge in [-0.15, -0.1) is 0 Å². The molecule has 1 unspecified atom stereocenters. The summed E-state index contributed by atoms with van der Waals surface area (Å²) in [6.45, 7) is 3.75. The SMILES string of the molecule is COC(=O)C1CN(CCCOc2cc3ncnc(Nc4cccc(Br)c4)c3cc2OC)CCN1C. The lowest BCUT2D eigenvalue weighted by atomic mass is 10.1. The molecular formula is C25H30BrN5O4. The molecule has 9 nitrogen and oxygen atoms in total. The Hall–Kier alpha value is -2.95. The number of aromatic nitrogens is 2. The smallest absolute Gasteiger partial charge is 0.324 e. The minimum atomic E-state index is -0.227. The van der Waals surface area contributed by atoms with Gasteiger partial charge in [0.05, 0.1) is 26.3 Å². The van der Waals surface area contributed by atoms with Gasteiger partial charge >= 0.3 is 5.97 Å².